The first-order valence-corrected chi connectivity index (χ1v) is 9.06. The van der Waals surface area contributed by atoms with Crippen LogP contribution in [0, 0.1) is 6.92 Å². The van der Waals surface area contributed by atoms with E-state index in [1.54, 1.807) is 6.07 Å². The van der Waals surface area contributed by atoms with E-state index in [4.69, 9.17) is 5.73 Å². The van der Waals surface area contributed by atoms with Gasteiger partial charge in [-0.1, -0.05) is 19.8 Å². The molecule has 3 N–H and O–H groups in total. The molecule has 1 heterocycles. The molecule has 0 spiro atoms. The molecule has 1 amide bonds. The summed E-state index contributed by atoms with van der Waals surface area (Å²) < 4.78 is 2.20. The van der Waals surface area contributed by atoms with Gasteiger partial charge in [-0.15, -0.1) is 0 Å². The van der Waals surface area contributed by atoms with Gasteiger partial charge in [0.15, 0.2) is 0 Å². The summed E-state index contributed by atoms with van der Waals surface area (Å²) in [4.78, 5) is 22.8. The zero-order valence-electron chi connectivity index (χ0n) is 16.4. The van der Waals surface area contributed by atoms with Crippen LogP contribution >= 0.6 is 0 Å². The summed E-state index contributed by atoms with van der Waals surface area (Å²) in [5, 5.41) is 10.5. The number of nitrogens with zero attached hydrogens (tertiary/aromatic N) is 1. The molecule has 5 nitrogen and oxygen atoms in total. The average molecular weight is 367 g/mol. The van der Waals surface area contributed by atoms with Gasteiger partial charge in [-0.25, -0.2) is 4.79 Å². The zero-order chi connectivity index (χ0) is 18.6. The Balaban J connectivity index is 0.00000338. The number of carboxylic acid groups (broad SMARTS) is 1. The predicted molar refractivity (Wildman–Crippen MR) is 106 cm³/mol. The van der Waals surface area contributed by atoms with Crippen LogP contribution in [0.15, 0.2) is 12.1 Å². The number of carbonyl (C=O) groups excluding carboxylic acids is 1. The Morgan fingerprint density at radius 3 is 2.38 bits per heavy atom. The molecule has 0 aliphatic heterocycles. The summed E-state index contributed by atoms with van der Waals surface area (Å²) in [5.74, 6) is -1.22. The maximum atomic E-state index is 11.5. The quantitative estimate of drug-likeness (QED) is 0.526. The number of unbranched alkanes of at least 4 members (excludes halogenated alkanes) is 2. The molecule has 0 saturated heterocycles. The molecule has 0 aliphatic rings. The summed E-state index contributed by atoms with van der Waals surface area (Å²) >= 11 is 0. The van der Waals surface area contributed by atoms with Crippen molar-refractivity contribution in [2.75, 3.05) is 0 Å². The van der Waals surface area contributed by atoms with Crippen molar-refractivity contribution in [1.29, 1.82) is 0 Å². The van der Waals surface area contributed by atoms with Crippen LogP contribution in [0.4, 0.5) is 0 Å². The van der Waals surface area contributed by atoms with Crippen molar-refractivity contribution in [2.45, 2.75) is 65.8 Å². The van der Waals surface area contributed by atoms with Crippen LogP contribution in [0.3, 0.4) is 0 Å². The topological polar surface area (TPSA) is 85.3 Å². The van der Waals surface area contributed by atoms with E-state index in [-0.39, 0.29) is 35.5 Å². The third kappa shape index (κ3) is 4.90. The normalized spacial score (nSPS) is 10.7. The first kappa shape index (κ1) is 22.7. The van der Waals surface area contributed by atoms with Crippen molar-refractivity contribution >= 4 is 52.3 Å². The Hall–Kier alpha value is -1.30. The Morgan fingerprint density at radius 1 is 1.15 bits per heavy atom. The van der Waals surface area contributed by atoms with Crippen molar-refractivity contribution < 1.29 is 14.7 Å². The van der Waals surface area contributed by atoms with Gasteiger partial charge in [0.1, 0.15) is 0 Å². The number of benzene rings is 1. The Morgan fingerprint density at radius 2 is 1.85 bits per heavy atom. The summed E-state index contributed by atoms with van der Waals surface area (Å²) in [6.45, 7) is 6.84. The van der Waals surface area contributed by atoms with E-state index in [2.05, 4.69) is 18.4 Å². The van der Waals surface area contributed by atoms with Gasteiger partial charge < -0.3 is 15.4 Å². The summed E-state index contributed by atoms with van der Waals surface area (Å²) in [7, 11) is 0. The van der Waals surface area contributed by atoms with Gasteiger partial charge in [-0.2, -0.15) is 0 Å². The molecule has 26 heavy (non-hydrogen) atoms. The SMILES string of the molecule is CCCCCc1c(CCC(N)=O)c2cc(C)c(C(=O)O)cc2n1CC.[Na]. The van der Waals surface area contributed by atoms with E-state index in [0.717, 1.165) is 54.3 Å². The number of aromatic carboxylic acids is 1. The van der Waals surface area contributed by atoms with Crippen LogP contribution < -0.4 is 5.73 Å². The van der Waals surface area contributed by atoms with E-state index in [1.807, 2.05) is 13.0 Å². The van der Waals surface area contributed by atoms with Crippen LogP contribution in [0.5, 0.6) is 0 Å². The van der Waals surface area contributed by atoms with Crippen molar-refractivity contribution in [3.05, 3.63) is 34.5 Å². The fraction of sp³-hybridized carbons (Fsp3) is 0.500. The molecule has 6 heteroatoms. The van der Waals surface area contributed by atoms with Gasteiger partial charge in [0.2, 0.25) is 5.91 Å². The second-order valence-corrected chi connectivity index (χ2v) is 6.58. The number of primary amides is 1. The van der Waals surface area contributed by atoms with Crippen molar-refractivity contribution in [1.82, 2.24) is 4.57 Å². The van der Waals surface area contributed by atoms with E-state index in [0.29, 0.717) is 18.4 Å². The van der Waals surface area contributed by atoms with Crippen LogP contribution in [-0.2, 0) is 24.2 Å². The number of hydrogen-bond acceptors (Lipinski definition) is 2. The predicted octanol–water partition coefficient (Wildman–Crippen LogP) is 3.44. The minimum atomic E-state index is -0.908. The van der Waals surface area contributed by atoms with E-state index >= 15 is 0 Å². The first-order valence-electron chi connectivity index (χ1n) is 9.06. The molecule has 137 valence electrons. The Bertz CT molecular complexity index is 796. The molecule has 2 rings (SSSR count). The van der Waals surface area contributed by atoms with Gasteiger partial charge >= 0.3 is 5.97 Å². The molecule has 1 aromatic heterocycles. The Labute approximate surface area is 177 Å². The molecule has 0 unspecified atom stereocenters. The molecule has 1 aromatic carbocycles. The van der Waals surface area contributed by atoms with E-state index < -0.39 is 5.97 Å². The number of hydrogen-bond donors (Lipinski definition) is 2. The molecule has 0 bridgehead atoms. The number of rotatable bonds is 9. The van der Waals surface area contributed by atoms with Gasteiger partial charge in [0, 0.05) is 59.1 Å². The first-order chi connectivity index (χ1) is 11.9. The number of carboxylic acids is 1. The third-order valence-electron chi connectivity index (χ3n) is 4.82. The fourth-order valence-electron chi connectivity index (χ4n) is 3.57. The number of aryl methyl sites for hydroxylation is 3. The van der Waals surface area contributed by atoms with Crippen LogP contribution in [0.1, 0.15) is 66.7 Å². The zero-order valence-corrected chi connectivity index (χ0v) is 18.4. The van der Waals surface area contributed by atoms with Crippen molar-refractivity contribution in [3.63, 3.8) is 0 Å². The minimum Gasteiger partial charge on any atom is -0.478 e. The molecule has 0 atom stereocenters. The van der Waals surface area contributed by atoms with Gasteiger partial charge in [-0.05, 0) is 56.4 Å². The number of nitrogens with two attached hydrogens (primary N) is 1. The standard InChI is InChI=1S/C20H28N2O3.Na/c1-4-6-7-8-17-14(9-10-19(21)23)16-11-13(3)15(20(24)25)12-18(16)22(17)5-2;/h11-12H,4-10H2,1-3H3,(H2,21,23)(H,24,25);. The second-order valence-electron chi connectivity index (χ2n) is 6.58. The van der Waals surface area contributed by atoms with Crippen molar-refractivity contribution in [3.8, 4) is 0 Å². The largest absolute Gasteiger partial charge is 0.478 e. The monoisotopic (exact) mass is 367 g/mol. The molecule has 1 radical (unpaired) electrons. The molecular weight excluding hydrogens is 339 g/mol. The number of amides is 1. The van der Waals surface area contributed by atoms with Crippen molar-refractivity contribution in [2.24, 2.45) is 5.73 Å². The smallest absolute Gasteiger partial charge is 0.336 e. The number of carbonyl (C=O) groups is 2. The maximum Gasteiger partial charge on any atom is 0.336 e. The number of aromatic nitrogens is 1. The second kappa shape index (κ2) is 10.1. The fourth-order valence-corrected chi connectivity index (χ4v) is 3.57. The third-order valence-corrected chi connectivity index (χ3v) is 4.82. The average Bonchev–Trinajstić information content (AvgIpc) is 2.84. The van der Waals surface area contributed by atoms with Crippen LogP contribution in [-0.4, -0.2) is 51.1 Å². The molecule has 0 aliphatic carbocycles. The molecule has 0 saturated carbocycles. The summed E-state index contributed by atoms with van der Waals surface area (Å²) in [5.41, 5.74) is 9.75. The minimum absolute atomic E-state index is 0. The van der Waals surface area contributed by atoms with Gasteiger partial charge in [-0.3, -0.25) is 4.79 Å². The van der Waals surface area contributed by atoms with E-state index in [1.165, 1.54) is 5.69 Å². The maximum absolute atomic E-state index is 11.5. The van der Waals surface area contributed by atoms with Gasteiger partial charge in [0.05, 0.1) is 5.56 Å². The van der Waals surface area contributed by atoms with Crippen LogP contribution in [0.2, 0.25) is 0 Å². The van der Waals surface area contributed by atoms with Gasteiger partial charge in [0.25, 0.3) is 0 Å². The summed E-state index contributed by atoms with van der Waals surface area (Å²) in [6.07, 6.45) is 5.23. The number of fused-ring (bicyclic) bond motifs is 1. The summed E-state index contributed by atoms with van der Waals surface area (Å²) in [6, 6.07) is 3.72. The van der Waals surface area contributed by atoms with Crippen LogP contribution in [0.25, 0.3) is 10.9 Å². The molecule has 0 fully saturated rings. The Kier molecular flexibility index (Phi) is 8.87. The molecule has 2 aromatic rings. The molecular formula is C20H28N2NaO3. The van der Waals surface area contributed by atoms with E-state index in [9.17, 15) is 14.7 Å².